The van der Waals surface area contributed by atoms with Crippen LogP contribution in [0.25, 0.3) is 11.6 Å². The van der Waals surface area contributed by atoms with Crippen molar-refractivity contribution in [1.29, 1.82) is 0 Å². The van der Waals surface area contributed by atoms with Gasteiger partial charge in [0.15, 0.2) is 0 Å². The SMILES string of the molecule is Cc1[nH]c(C=C2C(=O)Nc3ccc(C(=O)O)cc32)c(C)c1C(=O)NC(C)c1ccccc1. The third-order valence-electron chi connectivity index (χ3n) is 5.69. The van der Waals surface area contributed by atoms with Crippen LogP contribution in [0.15, 0.2) is 48.5 Å². The van der Waals surface area contributed by atoms with E-state index in [1.165, 1.54) is 12.1 Å². The van der Waals surface area contributed by atoms with Crippen molar-refractivity contribution in [3.05, 3.63) is 87.7 Å². The maximum Gasteiger partial charge on any atom is 0.335 e. The number of hydrogen-bond donors (Lipinski definition) is 4. The Labute approximate surface area is 185 Å². The summed E-state index contributed by atoms with van der Waals surface area (Å²) < 4.78 is 0. The topological polar surface area (TPSA) is 111 Å². The minimum Gasteiger partial charge on any atom is -0.478 e. The van der Waals surface area contributed by atoms with E-state index in [1.54, 1.807) is 12.1 Å². The van der Waals surface area contributed by atoms with E-state index in [-0.39, 0.29) is 23.4 Å². The number of H-pyrrole nitrogens is 1. The van der Waals surface area contributed by atoms with E-state index in [9.17, 15) is 19.5 Å². The maximum absolute atomic E-state index is 13.0. The highest BCUT2D eigenvalue weighted by atomic mass is 16.4. The van der Waals surface area contributed by atoms with E-state index in [4.69, 9.17) is 0 Å². The molecule has 1 aliphatic rings. The molecule has 0 radical (unpaired) electrons. The fourth-order valence-electron chi connectivity index (χ4n) is 3.96. The number of carboxylic acid groups (broad SMARTS) is 1. The average molecular weight is 429 g/mol. The molecule has 1 atom stereocenters. The number of anilines is 1. The Kier molecular flexibility index (Phi) is 5.40. The van der Waals surface area contributed by atoms with E-state index < -0.39 is 5.97 Å². The standard InChI is InChI=1S/C25H23N3O4/c1-13-21(12-19-18-11-17(25(31)32)9-10-20(18)28-23(19)29)26-15(3)22(13)24(30)27-14(2)16-7-5-4-6-8-16/h4-12,14,26H,1-3H3,(H,27,30)(H,28,29)(H,31,32). The van der Waals surface area contributed by atoms with Crippen molar-refractivity contribution >= 4 is 35.1 Å². The van der Waals surface area contributed by atoms with E-state index in [0.717, 1.165) is 5.56 Å². The summed E-state index contributed by atoms with van der Waals surface area (Å²) >= 11 is 0. The Bertz CT molecular complexity index is 1270. The van der Waals surface area contributed by atoms with Crippen molar-refractivity contribution in [1.82, 2.24) is 10.3 Å². The number of aryl methyl sites for hydroxylation is 1. The van der Waals surface area contributed by atoms with Gasteiger partial charge in [-0.25, -0.2) is 4.79 Å². The first-order valence-corrected chi connectivity index (χ1v) is 10.2. The zero-order valence-electron chi connectivity index (χ0n) is 17.9. The summed E-state index contributed by atoms with van der Waals surface area (Å²) in [5, 5.41) is 15.1. The number of carbonyl (C=O) groups is 3. The quantitative estimate of drug-likeness (QED) is 0.453. The molecular formula is C25H23N3O4. The Morgan fingerprint density at radius 2 is 1.81 bits per heavy atom. The van der Waals surface area contributed by atoms with Crippen LogP contribution in [0.4, 0.5) is 5.69 Å². The predicted octanol–water partition coefficient (Wildman–Crippen LogP) is 4.31. The zero-order chi connectivity index (χ0) is 23.0. The van der Waals surface area contributed by atoms with Gasteiger partial charge in [0.2, 0.25) is 0 Å². The molecule has 0 saturated carbocycles. The van der Waals surface area contributed by atoms with Crippen LogP contribution in [0.5, 0.6) is 0 Å². The van der Waals surface area contributed by atoms with Crippen molar-refractivity contribution in [3.8, 4) is 0 Å². The molecule has 32 heavy (non-hydrogen) atoms. The summed E-state index contributed by atoms with van der Waals surface area (Å²) in [5.41, 5.74) is 5.07. The molecule has 1 aromatic heterocycles. The third kappa shape index (κ3) is 3.80. The Morgan fingerprint density at radius 3 is 2.50 bits per heavy atom. The van der Waals surface area contributed by atoms with Crippen LogP contribution in [-0.2, 0) is 4.79 Å². The first-order valence-electron chi connectivity index (χ1n) is 10.2. The molecular weight excluding hydrogens is 406 g/mol. The van der Waals surface area contributed by atoms with Crippen LogP contribution in [0, 0.1) is 13.8 Å². The molecule has 162 valence electrons. The molecule has 7 heteroatoms. The molecule has 4 N–H and O–H groups in total. The Morgan fingerprint density at radius 1 is 1.09 bits per heavy atom. The van der Waals surface area contributed by atoms with Gasteiger partial charge in [-0.3, -0.25) is 9.59 Å². The van der Waals surface area contributed by atoms with Gasteiger partial charge in [0.05, 0.1) is 22.7 Å². The zero-order valence-corrected chi connectivity index (χ0v) is 17.9. The van der Waals surface area contributed by atoms with Gasteiger partial charge in [-0.1, -0.05) is 30.3 Å². The number of benzene rings is 2. The van der Waals surface area contributed by atoms with Gasteiger partial charge in [-0.2, -0.15) is 0 Å². The molecule has 0 spiro atoms. The lowest BCUT2D eigenvalue weighted by atomic mass is 10.0. The van der Waals surface area contributed by atoms with E-state index in [1.807, 2.05) is 51.1 Å². The van der Waals surface area contributed by atoms with E-state index >= 15 is 0 Å². The van der Waals surface area contributed by atoms with Gasteiger partial charge in [-0.05, 0) is 56.2 Å². The smallest absolute Gasteiger partial charge is 0.335 e. The first-order chi connectivity index (χ1) is 15.3. The van der Waals surface area contributed by atoms with Gasteiger partial charge >= 0.3 is 5.97 Å². The second kappa shape index (κ2) is 8.19. The fraction of sp³-hybridized carbons (Fsp3) is 0.160. The highest BCUT2D eigenvalue weighted by Gasteiger charge is 2.27. The molecule has 2 aromatic carbocycles. The monoisotopic (exact) mass is 429 g/mol. The van der Waals surface area contributed by atoms with E-state index in [0.29, 0.717) is 39.3 Å². The lowest BCUT2D eigenvalue weighted by Gasteiger charge is -2.14. The largest absolute Gasteiger partial charge is 0.478 e. The maximum atomic E-state index is 13.0. The van der Waals surface area contributed by atoms with Crippen molar-refractivity contribution < 1.29 is 19.5 Å². The lowest BCUT2D eigenvalue weighted by molar-refractivity contribution is -0.110. The minimum atomic E-state index is -1.06. The minimum absolute atomic E-state index is 0.0977. The number of aromatic amines is 1. The summed E-state index contributed by atoms with van der Waals surface area (Å²) in [7, 11) is 0. The van der Waals surface area contributed by atoms with Crippen LogP contribution >= 0.6 is 0 Å². The predicted molar refractivity (Wildman–Crippen MR) is 122 cm³/mol. The molecule has 3 aromatic rings. The van der Waals surface area contributed by atoms with Crippen molar-refractivity contribution in [3.63, 3.8) is 0 Å². The molecule has 2 heterocycles. The number of hydrogen-bond acceptors (Lipinski definition) is 3. The highest BCUT2D eigenvalue weighted by Crippen LogP contribution is 2.34. The van der Waals surface area contributed by atoms with Crippen LogP contribution in [0.3, 0.4) is 0 Å². The summed E-state index contributed by atoms with van der Waals surface area (Å²) in [4.78, 5) is 40.1. The van der Waals surface area contributed by atoms with E-state index in [2.05, 4.69) is 15.6 Å². The number of fused-ring (bicyclic) bond motifs is 1. The second-order valence-electron chi connectivity index (χ2n) is 7.85. The van der Waals surface area contributed by atoms with Gasteiger partial charge in [-0.15, -0.1) is 0 Å². The lowest BCUT2D eigenvalue weighted by Crippen LogP contribution is -2.27. The van der Waals surface area contributed by atoms with Crippen molar-refractivity contribution in [2.45, 2.75) is 26.8 Å². The molecule has 0 fully saturated rings. The van der Waals surface area contributed by atoms with Gasteiger partial charge in [0.25, 0.3) is 11.8 Å². The number of rotatable bonds is 5. The number of aromatic nitrogens is 1. The van der Waals surface area contributed by atoms with Crippen molar-refractivity contribution in [2.24, 2.45) is 0 Å². The van der Waals surface area contributed by atoms with Crippen LogP contribution in [-0.4, -0.2) is 27.9 Å². The number of amides is 2. The Balaban J connectivity index is 1.66. The molecule has 0 bridgehead atoms. The summed E-state index contributed by atoms with van der Waals surface area (Å²) in [6, 6.07) is 14.0. The van der Waals surface area contributed by atoms with Gasteiger partial charge in [0.1, 0.15) is 0 Å². The molecule has 7 nitrogen and oxygen atoms in total. The number of carboxylic acids is 1. The van der Waals surface area contributed by atoms with Crippen LogP contribution < -0.4 is 10.6 Å². The summed E-state index contributed by atoms with van der Waals surface area (Å²) in [6.07, 6.45) is 1.66. The third-order valence-corrected chi connectivity index (χ3v) is 5.69. The van der Waals surface area contributed by atoms with Gasteiger partial charge in [0, 0.05) is 22.6 Å². The van der Waals surface area contributed by atoms with Crippen LogP contribution in [0.2, 0.25) is 0 Å². The Hall–Kier alpha value is -4.13. The molecule has 1 unspecified atom stereocenters. The average Bonchev–Trinajstić information content (AvgIpc) is 3.23. The van der Waals surface area contributed by atoms with Gasteiger partial charge < -0.3 is 20.7 Å². The fourth-order valence-corrected chi connectivity index (χ4v) is 3.96. The summed E-state index contributed by atoms with van der Waals surface area (Å²) in [6.45, 7) is 5.55. The summed E-state index contributed by atoms with van der Waals surface area (Å²) in [5.74, 6) is -1.59. The highest BCUT2D eigenvalue weighted by molar-refractivity contribution is 6.35. The normalized spacial score (nSPS) is 14.7. The molecule has 4 rings (SSSR count). The molecule has 0 saturated heterocycles. The molecule has 1 aliphatic heterocycles. The van der Waals surface area contributed by atoms with Crippen molar-refractivity contribution in [2.75, 3.05) is 5.32 Å². The number of aromatic carboxylic acids is 1. The number of nitrogens with one attached hydrogen (secondary N) is 3. The second-order valence-corrected chi connectivity index (χ2v) is 7.85. The molecule has 0 aliphatic carbocycles. The number of carbonyl (C=O) groups excluding carboxylic acids is 2. The van der Waals surface area contributed by atoms with Crippen LogP contribution in [0.1, 0.15) is 61.8 Å². The first kappa shape index (κ1) is 21.1. The molecule has 2 amide bonds.